The fourth-order valence-electron chi connectivity index (χ4n) is 2.50. The van der Waals surface area contributed by atoms with E-state index in [1.165, 1.54) is 32.4 Å². The third kappa shape index (κ3) is 4.94. The molecule has 8 nitrogen and oxygen atoms in total. The van der Waals surface area contributed by atoms with Gasteiger partial charge in [0.05, 0.1) is 20.3 Å². The lowest BCUT2D eigenvalue weighted by Gasteiger charge is -2.16. The van der Waals surface area contributed by atoms with Crippen molar-refractivity contribution < 1.29 is 32.5 Å². The van der Waals surface area contributed by atoms with Crippen molar-refractivity contribution in [1.29, 1.82) is 0 Å². The number of sulfonamides is 1. The van der Waals surface area contributed by atoms with Crippen LogP contribution in [0.15, 0.2) is 23.1 Å². The molecule has 1 atom stereocenters. The number of aliphatic carboxylic acids is 1. The first-order valence-corrected chi connectivity index (χ1v) is 9.14. The molecule has 2 N–H and O–H groups in total. The number of hydrogen-bond acceptors (Lipinski definition) is 6. The summed E-state index contributed by atoms with van der Waals surface area (Å²) in [6.07, 6.45) is 3.74. The highest BCUT2D eigenvalue weighted by Gasteiger charge is 2.25. The summed E-state index contributed by atoms with van der Waals surface area (Å²) in [6.45, 7) is 0.780. The van der Waals surface area contributed by atoms with Gasteiger partial charge >= 0.3 is 5.97 Å². The van der Waals surface area contributed by atoms with Gasteiger partial charge in [0.1, 0.15) is 4.90 Å². The van der Waals surface area contributed by atoms with Crippen LogP contribution in [0.5, 0.6) is 11.5 Å². The summed E-state index contributed by atoms with van der Waals surface area (Å²) < 4.78 is 43.7. The number of benzene rings is 1. The van der Waals surface area contributed by atoms with E-state index in [2.05, 4.69) is 4.72 Å². The van der Waals surface area contributed by atoms with E-state index in [0.717, 1.165) is 18.9 Å². The van der Waals surface area contributed by atoms with Crippen LogP contribution in [-0.2, 0) is 19.6 Å². The molecule has 1 aromatic carbocycles. The summed E-state index contributed by atoms with van der Waals surface area (Å²) in [5.41, 5.74) is 0.359. The second kappa shape index (κ2) is 8.32. The van der Waals surface area contributed by atoms with Crippen LogP contribution in [0, 0.1) is 0 Å². The van der Waals surface area contributed by atoms with Gasteiger partial charge in [-0.3, -0.25) is 0 Å². The van der Waals surface area contributed by atoms with Gasteiger partial charge in [-0.25, -0.2) is 17.9 Å². The Kier molecular flexibility index (Phi) is 6.40. The van der Waals surface area contributed by atoms with Gasteiger partial charge in [-0.2, -0.15) is 0 Å². The molecule has 0 spiro atoms. The lowest BCUT2D eigenvalue weighted by atomic mass is 10.2. The predicted octanol–water partition coefficient (Wildman–Crippen LogP) is 1.26. The van der Waals surface area contributed by atoms with Crippen molar-refractivity contribution in [2.75, 3.05) is 27.4 Å². The van der Waals surface area contributed by atoms with Crippen LogP contribution in [0.4, 0.5) is 0 Å². The zero-order valence-electron chi connectivity index (χ0n) is 14.0. The second-order valence-electron chi connectivity index (χ2n) is 5.41. The van der Waals surface area contributed by atoms with Gasteiger partial charge in [-0.05, 0) is 36.6 Å². The number of ether oxygens (including phenoxy) is 3. The van der Waals surface area contributed by atoms with Gasteiger partial charge < -0.3 is 19.3 Å². The molecule has 0 saturated carbocycles. The fraction of sp³-hybridized carbons (Fsp3) is 0.438. The van der Waals surface area contributed by atoms with Crippen LogP contribution in [0.2, 0.25) is 0 Å². The predicted molar refractivity (Wildman–Crippen MR) is 90.4 cm³/mol. The SMILES string of the molecule is COc1cc(/C=C/C(=O)O)cc(S(=O)(=O)NC[C@@H]2CCCO2)c1OC. The first-order chi connectivity index (χ1) is 11.9. The molecule has 1 aliphatic rings. The Morgan fingerprint density at radius 1 is 1.40 bits per heavy atom. The van der Waals surface area contributed by atoms with E-state index < -0.39 is 16.0 Å². The average Bonchev–Trinajstić information content (AvgIpc) is 3.10. The molecule has 1 fully saturated rings. The molecule has 0 radical (unpaired) electrons. The zero-order chi connectivity index (χ0) is 18.4. The summed E-state index contributed by atoms with van der Waals surface area (Å²) in [5, 5.41) is 8.75. The van der Waals surface area contributed by atoms with Gasteiger partial charge in [0.25, 0.3) is 0 Å². The normalized spacial score (nSPS) is 17.8. The standard InChI is InChI=1S/C16H21NO7S/c1-22-13-8-11(5-6-15(18)19)9-14(16(13)23-2)25(20,21)17-10-12-4-3-7-24-12/h5-6,8-9,12,17H,3-4,7,10H2,1-2H3,(H,18,19)/b6-5+/t12-/m0/s1. The van der Waals surface area contributed by atoms with Crippen LogP contribution < -0.4 is 14.2 Å². The minimum absolute atomic E-state index is 0.0508. The summed E-state index contributed by atoms with van der Waals surface area (Å²) in [4.78, 5) is 10.6. The highest BCUT2D eigenvalue weighted by molar-refractivity contribution is 7.89. The molecule has 0 unspecified atom stereocenters. The highest BCUT2D eigenvalue weighted by atomic mass is 32.2. The summed E-state index contributed by atoms with van der Waals surface area (Å²) in [7, 11) is -1.19. The molecule has 1 aliphatic heterocycles. The van der Waals surface area contributed by atoms with E-state index in [0.29, 0.717) is 12.2 Å². The fourth-order valence-corrected chi connectivity index (χ4v) is 3.78. The minimum atomic E-state index is -3.90. The molecule has 1 saturated heterocycles. The van der Waals surface area contributed by atoms with Crippen LogP contribution in [0.25, 0.3) is 6.08 Å². The van der Waals surface area contributed by atoms with E-state index in [1.54, 1.807) is 0 Å². The number of carbonyl (C=O) groups is 1. The van der Waals surface area contributed by atoms with E-state index in [9.17, 15) is 13.2 Å². The van der Waals surface area contributed by atoms with Crippen LogP contribution in [-0.4, -0.2) is 53.0 Å². The maximum atomic E-state index is 12.7. The molecular formula is C16H21NO7S. The Morgan fingerprint density at radius 3 is 2.72 bits per heavy atom. The third-order valence-corrected chi connectivity index (χ3v) is 5.13. The lowest BCUT2D eigenvalue weighted by molar-refractivity contribution is -0.131. The number of carboxylic acid groups (broad SMARTS) is 1. The Balaban J connectivity index is 2.37. The smallest absolute Gasteiger partial charge is 0.328 e. The first-order valence-electron chi connectivity index (χ1n) is 7.65. The Hall–Kier alpha value is -2.10. The summed E-state index contributed by atoms with van der Waals surface area (Å²) in [6, 6.07) is 2.83. The lowest BCUT2D eigenvalue weighted by Crippen LogP contribution is -2.32. The average molecular weight is 371 g/mol. The van der Waals surface area contributed by atoms with Crippen molar-refractivity contribution in [1.82, 2.24) is 4.72 Å². The molecule has 1 aromatic rings. The van der Waals surface area contributed by atoms with Crippen molar-refractivity contribution in [2.45, 2.75) is 23.8 Å². The Labute approximate surface area is 146 Å². The van der Waals surface area contributed by atoms with Gasteiger partial charge in [-0.15, -0.1) is 0 Å². The molecule has 0 aliphatic carbocycles. The molecule has 0 bridgehead atoms. The number of rotatable bonds is 8. The highest BCUT2D eigenvalue weighted by Crippen LogP contribution is 2.36. The quantitative estimate of drug-likeness (QED) is 0.662. The monoisotopic (exact) mass is 371 g/mol. The van der Waals surface area contributed by atoms with E-state index in [-0.39, 0.29) is 29.0 Å². The maximum absolute atomic E-state index is 12.7. The van der Waals surface area contributed by atoms with Crippen LogP contribution in [0.1, 0.15) is 18.4 Å². The van der Waals surface area contributed by atoms with Crippen molar-refractivity contribution in [3.63, 3.8) is 0 Å². The molecule has 0 aromatic heterocycles. The van der Waals surface area contributed by atoms with Gasteiger partial charge in [0.15, 0.2) is 11.5 Å². The molecule has 25 heavy (non-hydrogen) atoms. The third-order valence-electron chi connectivity index (χ3n) is 3.70. The molecule has 9 heteroatoms. The Bertz CT molecular complexity index is 752. The number of methoxy groups -OCH3 is 2. The maximum Gasteiger partial charge on any atom is 0.328 e. The first kappa shape index (κ1) is 19.2. The topological polar surface area (TPSA) is 111 Å². The van der Waals surface area contributed by atoms with Crippen molar-refractivity contribution in [2.24, 2.45) is 0 Å². The molecule has 2 rings (SSSR count). The molecule has 1 heterocycles. The number of hydrogen-bond donors (Lipinski definition) is 2. The van der Waals surface area contributed by atoms with Gasteiger partial charge in [0, 0.05) is 19.2 Å². The zero-order valence-corrected chi connectivity index (χ0v) is 14.8. The molecule has 0 amide bonds. The Morgan fingerprint density at radius 2 is 2.16 bits per heavy atom. The van der Waals surface area contributed by atoms with Crippen LogP contribution >= 0.6 is 0 Å². The number of nitrogens with one attached hydrogen (secondary N) is 1. The summed E-state index contributed by atoms with van der Waals surface area (Å²) in [5.74, 6) is -0.905. The molecular weight excluding hydrogens is 350 g/mol. The van der Waals surface area contributed by atoms with Crippen LogP contribution in [0.3, 0.4) is 0 Å². The van der Waals surface area contributed by atoms with Gasteiger partial charge in [0.2, 0.25) is 10.0 Å². The van der Waals surface area contributed by atoms with Crippen molar-refractivity contribution >= 4 is 22.1 Å². The molecule has 138 valence electrons. The largest absolute Gasteiger partial charge is 0.493 e. The second-order valence-corrected chi connectivity index (χ2v) is 7.15. The summed E-state index contributed by atoms with van der Waals surface area (Å²) >= 11 is 0. The van der Waals surface area contributed by atoms with Crippen molar-refractivity contribution in [3.8, 4) is 11.5 Å². The van der Waals surface area contributed by atoms with E-state index in [4.69, 9.17) is 19.3 Å². The van der Waals surface area contributed by atoms with Crippen molar-refractivity contribution in [3.05, 3.63) is 23.8 Å². The van der Waals surface area contributed by atoms with Gasteiger partial charge in [-0.1, -0.05) is 0 Å². The minimum Gasteiger partial charge on any atom is -0.493 e. The van der Waals surface area contributed by atoms with E-state index >= 15 is 0 Å². The van der Waals surface area contributed by atoms with E-state index in [1.807, 2.05) is 0 Å². The number of carboxylic acids is 1.